The lowest BCUT2D eigenvalue weighted by Crippen LogP contribution is -2.38. The number of fused-ring (bicyclic) bond motifs is 1. The molecular formula is C16H26N4. The number of hydrogen-bond donors (Lipinski definition) is 2. The van der Waals surface area contributed by atoms with Crippen LogP contribution in [0.25, 0.3) is 11.0 Å². The Morgan fingerprint density at radius 2 is 2.20 bits per heavy atom. The van der Waals surface area contributed by atoms with Crippen molar-refractivity contribution in [2.45, 2.75) is 33.7 Å². The highest BCUT2D eigenvalue weighted by Crippen LogP contribution is 2.21. The summed E-state index contributed by atoms with van der Waals surface area (Å²) in [5, 5.41) is 1.22. The minimum Gasteiger partial charge on any atom is -0.346 e. The van der Waals surface area contributed by atoms with Crippen molar-refractivity contribution in [1.29, 1.82) is 0 Å². The number of rotatable bonds is 7. The summed E-state index contributed by atoms with van der Waals surface area (Å²) in [4.78, 5) is 10.1. The number of nitrogens with one attached hydrogen (secondary N) is 1. The smallest absolute Gasteiger partial charge is 0.137 e. The minimum atomic E-state index is 0.152. The van der Waals surface area contributed by atoms with Crippen LogP contribution in [0.15, 0.2) is 24.5 Å². The number of H-pyrrole nitrogens is 1. The maximum Gasteiger partial charge on any atom is 0.137 e. The maximum absolute atomic E-state index is 5.87. The van der Waals surface area contributed by atoms with Gasteiger partial charge in [-0.2, -0.15) is 0 Å². The van der Waals surface area contributed by atoms with E-state index in [1.807, 2.05) is 12.3 Å². The third-order valence-corrected chi connectivity index (χ3v) is 3.67. The van der Waals surface area contributed by atoms with Gasteiger partial charge in [0.15, 0.2) is 0 Å². The van der Waals surface area contributed by atoms with Gasteiger partial charge in [0.05, 0.1) is 0 Å². The Hall–Kier alpha value is -1.39. The molecule has 2 rings (SSSR count). The van der Waals surface area contributed by atoms with Crippen molar-refractivity contribution in [3.05, 3.63) is 30.1 Å². The Morgan fingerprint density at radius 1 is 1.40 bits per heavy atom. The zero-order chi connectivity index (χ0) is 14.6. The lowest BCUT2D eigenvalue weighted by Gasteiger charge is -2.31. The summed E-state index contributed by atoms with van der Waals surface area (Å²) >= 11 is 0. The number of aromatic amines is 1. The first kappa shape index (κ1) is 15.0. The van der Waals surface area contributed by atoms with Gasteiger partial charge in [-0.25, -0.2) is 4.98 Å². The average molecular weight is 274 g/mol. The van der Waals surface area contributed by atoms with E-state index >= 15 is 0 Å². The van der Waals surface area contributed by atoms with Crippen LogP contribution in [0.3, 0.4) is 0 Å². The highest BCUT2D eigenvalue weighted by molar-refractivity contribution is 5.79. The van der Waals surface area contributed by atoms with E-state index < -0.39 is 0 Å². The SMILES string of the molecule is CCCN(Cc1c[nH]c2ncccc12)CC(C)(C)CN. The summed E-state index contributed by atoms with van der Waals surface area (Å²) in [5.74, 6) is 0. The molecule has 0 amide bonds. The van der Waals surface area contributed by atoms with Crippen LogP contribution >= 0.6 is 0 Å². The van der Waals surface area contributed by atoms with Crippen molar-refractivity contribution in [1.82, 2.24) is 14.9 Å². The predicted octanol–water partition coefficient (Wildman–Crippen LogP) is 2.76. The minimum absolute atomic E-state index is 0.152. The molecule has 0 aliphatic carbocycles. The van der Waals surface area contributed by atoms with Crippen LogP contribution in [0.5, 0.6) is 0 Å². The third kappa shape index (κ3) is 3.58. The normalized spacial score (nSPS) is 12.4. The van der Waals surface area contributed by atoms with Crippen LogP contribution in [0.2, 0.25) is 0 Å². The summed E-state index contributed by atoms with van der Waals surface area (Å²) < 4.78 is 0. The third-order valence-electron chi connectivity index (χ3n) is 3.67. The Balaban J connectivity index is 2.15. The van der Waals surface area contributed by atoms with Crippen LogP contribution in [0, 0.1) is 5.41 Å². The molecule has 0 aromatic carbocycles. The molecule has 0 spiro atoms. The van der Waals surface area contributed by atoms with Gasteiger partial charge in [-0.05, 0) is 42.6 Å². The number of nitrogens with zero attached hydrogens (tertiary/aromatic N) is 2. The first-order valence-electron chi connectivity index (χ1n) is 7.39. The van der Waals surface area contributed by atoms with E-state index in [9.17, 15) is 0 Å². The van der Waals surface area contributed by atoms with Gasteiger partial charge < -0.3 is 10.7 Å². The average Bonchev–Trinajstić information content (AvgIpc) is 2.82. The zero-order valence-corrected chi connectivity index (χ0v) is 12.8. The molecule has 0 saturated heterocycles. The van der Waals surface area contributed by atoms with Crippen molar-refractivity contribution in [2.24, 2.45) is 11.1 Å². The molecular weight excluding hydrogens is 248 g/mol. The van der Waals surface area contributed by atoms with Crippen molar-refractivity contribution in [3.63, 3.8) is 0 Å². The molecule has 0 atom stereocenters. The van der Waals surface area contributed by atoms with Crippen LogP contribution in [-0.4, -0.2) is 34.5 Å². The van der Waals surface area contributed by atoms with Gasteiger partial charge >= 0.3 is 0 Å². The van der Waals surface area contributed by atoms with Crippen molar-refractivity contribution in [2.75, 3.05) is 19.6 Å². The predicted molar refractivity (Wildman–Crippen MR) is 84.5 cm³/mol. The monoisotopic (exact) mass is 274 g/mol. The second-order valence-electron chi connectivity index (χ2n) is 6.29. The highest BCUT2D eigenvalue weighted by Gasteiger charge is 2.20. The van der Waals surface area contributed by atoms with E-state index in [1.54, 1.807) is 0 Å². The number of hydrogen-bond acceptors (Lipinski definition) is 3. The van der Waals surface area contributed by atoms with Crippen molar-refractivity contribution >= 4 is 11.0 Å². The van der Waals surface area contributed by atoms with Crippen molar-refractivity contribution < 1.29 is 0 Å². The fourth-order valence-electron chi connectivity index (χ4n) is 2.58. The molecule has 0 saturated carbocycles. The van der Waals surface area contributed by atoms with Crippen LogP contribution in [0.1, 0.15) is 32.8 Å². The summed E-state index contributed by atoms with van der Waals surface area (Å²) in [5.41, 5.74) is 8.31. The summed E-state index contributed by atoms with van der Waals surface area (Å²) in [6.07, 6.45) is 5.06. The van der Waals surface area contributed by atoms with E-state index in [4.69, 9.17) is 5.73 Å². The fourth-order valence-corrected chi connectivity index (χ4v) is 2.58. The Kier molecular flexibility index (Phi) is 4.78. The van der Waals surface area contributed by atoms with Gasteiger partial charge in [0, 0.05) is 30.9 Å². The lowest BCUT2D eigenvalue weighted by molar-refractivity contribution is 0.176. The fraction of sp³-hybridized carbons (Fsp3) is 0.562. The quantitative estimate of drug-likeness (QED) is 0.816. The first-order valence-corrected chi connectivity index (χ1v) is 7.39. The van der Waals surface area contributed by atoms with Gasteiger partial charge in [-0.3, -0.25) is 4.90 Å². The topological polar surface area (TPSA) is 57.9 Å². The highest BCUT2D eigenvalue weighted by atomic mass is 15.1. The summed E-state index contributed by atoms with van der Waals surface area (Å²) in [6, 6.07) is 4.13. The second kappa shape index (κ2) is 6.37. The number of nitrogens with two attached hydrogens (primary N) is 1. The Labute approximate surface area is 121 Å². The van der Waals surface area contributed by atoms with E-state index in [0.717, 1.165) is 31.7 Å². The molecule has 3 N–H and O–H groups in total. The molecule has 2 aromatic rings. The standard InChI is InChI=1S/C16H26N4/c1-4-8-20(12-16(2,3)11-17)10-13-9-19-15-14(13)6-5-7-18-15/h5-7,9H,4,8,10-12,17H2,1-3H3,(H,18,19). The molecule has 2 heterocycles. The Bertz CT molecular complexity index is 544. The molecule has 20 heavy (non-hydrogen) atoms. The Morgan fingerprint density at radius 3 is 2.90 bits per heavy atom. The van der Waals surface area contributed by atoms with Gasteiger partial charge in [0.25, 0.3) is 0 Å². The number of aromatic nitrogens is 2. The molecule has 0 fully saturated rings. The number of pyridine rings is 1. The van der Waals surface area contributed by atoms with E-state index in [-0.39, 0.29) is 5.41 Å². The van der Waals surface area contributed by atoms with Crippen LogP contribution in [0.4, 0.5) is 0 Å². The molecule has 4 heteroatoms. The first-order chi connectivity index (χ1) is 9.55. The molecule has 0 radical (unpaired) electrons. The van der Waals surface area contributed by atoms with Crippen LogP contribution in [-0.2, 0) is 6.54 Å². The van der Waals surface area contributed by atoms with E-state index in [1.165, 1.54) is 10.9 Å². The lowest BCUT2D eigenvalue weighted by atomic mass is 9.93. The van der Waals surface area contributed by atoms with Gasteiger partial charge in [-0.15, -0.1) is 0 Å². The van der Waals surface area contributed by atoms with Crippen molar-refractivity contribution in [3.8, 4) is 0 Å². The zero-order valence-electron chi connectivity index (χ0n) is 12.8. The molecule has 0 aliphatic heterocycles. The van der Waals surface area contributed by atoms with Gasteiger partial charge in [-0.1, -0.05) is 20.8 Å². The van der Waals surface area contributed by atoms with E-state index in [2.05, 4.69) is 47.9 Å². The van der Waals surface area contributed by atoms with Crippen LogP contribution < -0.4 is 5.73 Å². The molecule has 0 bridgehead atoms. The summed E-state index contributed by atoms with van der Waals surface area (Å²) in [7, 11) is 0. The largest absolute Gasteiger partial charge is 0.346 e. The molecule has 0 aliphatic rings. The van der Waals surface area contributed by atoms with Gasteiger partial charge in [0.2, 0.25) is 0 Å². The molecule has 110 valence electrons. The molecule has 2 aromatic heterocycles. The van der Waals surface area contributed by atoms with E-state index in [0.29, 0.717) is 6.54 Å². The maximum atomic E-state index is 5.87. The molecule has 4 nitrogen and oxygen atoms in total. The summed E-state index contributed by atoms with van der Waals surface area (Å²) in [6.45, 7) is 10.4. The van der Waals surface area contributed by atoms with Gasteiger partial charge in [0.1, 0.15) is 5.65 Å². The second-order valence-corrected chi connectivity index (χ2v) is 6.29. The molecule has 0 unspecified atom stereocenters.